The lowest BCUT2D eigenvalue weighted by Gasteiger charge is -2.08. The van der Waals surface area contributed by atoms with Crippen molar-refractivity contribution >= 4 is 17.6 Å². The van der Waals surface area contributed by atoms with E-state index in [1.54, 1.807) is 19.9 Å². The number of rotatable bonds is 3. The van der Waals surface area contributed by atoms with E-state index < -0.39 is 5.97 Å². The molecular formula is C11H14ClNO2. The van der Waals surface area contributed by atoms with Gasteiger partial charge in [0.1, 0.15) is 0 Å². The van der Waals surface area contributed by atoms with E-state index in [1.165, 1.54) is 0 Å². The molecule has 0 unspecified atom stereocenters. The zero-order valence-corrected chi connectivity index (χ0v) is 9.89. The summed E-state index contributed by atoms with van der Waals surface area (Å²) < 4.78 is 4.90. The quantitative estimate of drug-likeness (QED) is 0.746. The molecule has 0 amide bonds. The predicted octanol–water partition coefficient (Wildman–Crippen LogP) is 2.78. The molecule has 0 aromatic carbocycles. The molecule has 82 valence electrons. The summed E-state index contributed by atoms with van der Waals surface area (Å²) in [5.74, 6) is -0.407. The van der Waals surface area contributed by atoms with Crippen molar-refractivity contribution in [2.24, 2.45) is 0 Å². The van der Waals surface area contributed by atoms with Crippen LogP contribution in [0.4, 0.5) is 0 Å². The van der Waals surface area contributed by atoms with Crippen LogP contribution >= 0.6 is 11.6 Å². The van der Waals surface area contributed by atoms with Crippen LogP contribution in [-0.2, 0) is 11.2 Å². The zero-order valence-electron chi connectivity index (χ0n) is 9.13. The lowest BCUT2D eigenvalue weighted by atomic mass is 10.1. The van der Waals surface area contributed by atoms with Crippen LogP contribution in [0.25, 0.3) is 0 Å². The van der Waals surface area contributed by atoms with Gasteiger partial charge >= 0.3 is 5.97 Å². The summed E-state index contributed by atoms with van der Waals surface area (Å²) in [5.41, 5.74) is 1.87. The SMILES string of the molecule is CCOC(=O)c1c(Cl)cc(CC)nc1C. The van der Waals surface area contributed by atoms with Gasteiger partial charge in [-0.25, -0.2) is 4.79 Å². The Morgan fingerprint density at radius 1 is 1.53 bits per heavy atom. The van der Waals surface area contributed by atoms with Crippen molar-refractivity contribution in [2.45, 2.75) is 27.2 Å². The van der Waals surface area contributed by atoms with Crippen LogP contribution in [-0.4, -0.2) is 17.6 Å². The Morgan fingerprint density at radius 2 is 2.20 bits per heavy atom. The Kier molecular flexibility index (Phi) is 4.09. The Labute approximate surface area is 94.4 Å². The van der Waals surface area contributed by atoms with Crippen LogP contribution in [0.1, 0.15) is 35.6 Å². The van der Waals surface area contributed by atoms with Crippen LogP contribution in [0.15, 0.2) is 6.07 Å². The van der Waals surface area contributed by atoms with E-state index in [1.807, 2.05) is 6.92 Å². The zero-order chi connectivity index (χ0) is 11.4. The average Bonchev–Trinajstić information content (AvgIpc) is 2.16. The monoisotopic (exact) mass is 227 g/mol. The lowest BCUT2D eigenvalue weighted by Crippen LogP contribution is -2.09. The molecule has 0 bridgehead atoms. The van der Waals surface area contributed by atoms with E-state index in [2.05, 4.69) is 4.98 Å². The minimum Gasteiger partial charge on any atom is -0.462 e. The summed E-state index contributed by atoms with van der Waals surface area (Å²) in [5, 5.41) is 0.415. The molecule has 1 aromatic heterocycles. The van der Waals surface area contributed by atoms with Crippen molar-refractivity contribution in [3.8, 4) is 0 Å². The van der Waals surface area contributed by atoms with Crippen molar-refractivity contribution in [3.05, 3.63) is 28.0 Å². The van der Waals surface area contributed by atoms with Gasteiger partial charge in [-0.15, -0.1) is 0 Å². The highest BCUT2D eigenvalue weighted by Crippen LogP contribution is 2.21. The minimum absolute atomic E-state index is 0.337. The number of pyridine rings is 1. The first-order valence-electron chi connectivity index (χ1n) is 4.93. The topological polar surface area (TPSA) is 39.2 Å². The molecule has 4 heteroatoms. The molecule has 0 saturated carbocycles. The second kappa shape index (κ2) is 5.12. The van der Waals surface area contributed by atoms with Crippen LogP contribution in [0.3, 0.4) is 0 Å². The highest BCUT2D eigenvalue weighted by Gasteiger charge is 2.16. The van der Waals surface area contributed by atoms with E-state index in [9.17, 15) is 4.79 Å². The van der Waals surface area contributed by atoms with Gasteiger partial charge in [0.25, 0.3) is 0 Å². The van der Waals surface area contributed by atoms with Gasteiger partial charge in [-0.1, -0.05) is 18.5 Å². The van der Waals surface area contributed by atoms with E-state index in [-0.39, 0.29) is 0 Å². The molecule has 3 nitrogen and oxygen atoms in total. The smallest absolute Gasteiger partial charge is 0.341 e. The number of ether oxygens (including phenoxy) is 1. The molecule has 0 saturated heterocycles. The fourth-order valence-corrected chi connectivity index (χ4v) is 1.66. The molecule has 0 radical (unpaired) electrons. The van der Waals surface area contributed by atoms with E-state index in [0.29, 0.717) is 22.9 Å². The fraction of sp³-hybridized carbons (Fsp3) is 0.455. The number of aryl methyl sites for hydroxylation is 2. The number of nitrogens with zero attached hydrogens (tertiary/aromatic N) is 1. The van der Waals surface area contributed by atoms with Gasteiger partial charge in [0.05, 0.1) is 22.9 Å². The molecule has 0 aliphatic carbocycles. The molecule has 15 heavy (non-hydrogen) atoms. The molecule has 0 N–H and O–H groups in total. The van der Waals surface area contributed by atoms with Gasteiger partial charge in [0.15, 0.2) is 0 Å². The van der Waals surface area contributed by atoms with Crippen molar-refractivity contribution in [1.29, 1.82) is 0 Å². The summed E-state index contributed by atoms with van der Waals surface area (Å²) in [6.07, 6.45) is 0.795. The summed E-state index contributed by atoms with van der Waals surface area (Å²) in [4.78, 5) is 15.8. The second-order valence-electron chi connectivity index (χ2n) is 3.13. The molecule has 1 rings (SSSR count). The average molecular weight is 228 g/mol. The third-order valence-corrected chi connectivity index (χ3v) is 2.35. The van der Waals surface area contributed by atoms with Crippen LogP contribution in [0.5, 0.6) is 0 Å². The maximum absolute atomic E-state index is 11.5. The van der Waals surface area contributed by atoms with Crippen molar-refractivity contribution in [1.82, 2.24) is 4.98 Å². The number of halogens is 1. The van der Waals surface area contributed by atoms with Gasteiger partial charge in [0, 0.05) is 5.69 Å². The Balaban J connectivity index is 3.13. The van der Waals surface area contributed by atoms with Crippen molar-refractivity contribution < 1.29 is 9.53 Å². The standard InChI is InChI=1S/C11H14ClNO2/c1-4-8-6-9(12)10(7(3)13-8)11(14)15-5-2/h6H,4-5H2,1-3H3. The van der Waals surface area contributed by atoms with Crippen LogP contribution in [0, 0.1) is 6.92 Å². The molecule has 0 spiro atoms. The number of carbonyl (C=O) groups excluding carboxylic acids is 1. The molecule has 0 atom stereocenters. The second-order valence-corrected chi connectivity index (χ2v) is 3.54. The first-order chi connectivity index (χ1) is 7.10. The van der Waals surface area contributed by atoms with Crippen LogP contribution in [0.2, 0.25) is 5.02 Å². The summed E-state index contributed by atoms with van der Waals surface area (Å²) in [6.45, 7) is 5.85. The van der Waals surface area contributed by atoms with E-state index >= 15 is 0 Å². The number of aromatic nitrogens is 1. The number of carbonyl (C=O) groups is 1. The van der Waals surface area contributed by atoms with Crippen LogP contribution < -0.4 is 0 Å². The van der Waals surface area contributed by atoms with Gasteiger partial charge in [0.2, 0.25) is 0 Å². The largest absolute Gasteiger partial charge is 0.462 e. The highest BCUT2D eigenvalue weighted by molar-refractivity contribution is 6.33. The highest BCUT2D eigenvalue weighted by atomic mass is 35.5. The van der Waals surface area contributed by atoms with Gasteiger partial charge in [-0.05, 0) is 26.3 Å². The van der Waals surface area contributed by atoms with Gasteiger partial charge in [-0.2, -0.15) is 0 Å². The van der Waals surface area contributed by atoms with E-state index in [0.717, 1.165) is 12.1 Å². The Hall–Kier alpha value is -1.09. The maximum atomic E-state index is 11.5. The maximum Gasteiger partial charge on any atom is 0.341 e. The van der Waals surface area contributed by atoms with E-state index in [4.69, 9.17) is 16.3 Å². The number of hydrogen-bond acceptors (Lipinski definition) is 3. The molecule has 0 aliphatic rings. The third kappa shape index (κ3) is 2.69. The first-order valence-corrected chi connectivity index (χ1v) is 5.31. The molecular weight excluding hydrogens is 214 g/mol. The molecule has 1 aromatic rings. The minimum atomic E-state index is -0.407. The number of esters is 1. The summed E-state index contributed by atoms with van der Waals surface area (Å²) in [6, 6.07) is 1.71. The molecule has 0 aliphatic heterocycles. The summed E-state index contributed by atoms with van der Waals surface area (Å²) in [7, 11) is 0. The number of hydrogen-bond donors (Lipinski definition) is 0. The van der Waals surface area contributed by atoms with Gasteiger partial charge in [-0.3, -0.25) is 4.98 Å². The Morgan fingerprint density at radius 3 is 2.67 bits per heavy atom. The molecule has 0 fully saturated rings. The van der Waals surface area contributed by atoms with Gasteiger partial charge < -0.3 is 4.74 Å². The Bertz CT molecular complexity index is 354. The normalized spacial score (nSPS) is 10.1. The van der Waals surface area contributed by atoms with Crippen molar-refractivity contribution in [3.63, 3.8) is 0 Å². The third-order valence-electron chi connectivity index (χ3n) is 2.05. The lowest BCUT2D eigenvalue weighted by molar-refractivity contribution is 0.0525. The molecule has 1 heterocycles. The first kappa shape index (κ1) is 12.0. The fourth-order valence-electron chi connectivity index (χ4n) is 1.32. The predicted molar refractivity (Wildman–Crippen MR) is 59.3 cm³/mol. The van der Waals surface area contributed by atoms with Crippen molar-refractivity contribution in [2.75, 3.05) is 6.61 Å². The summed E-state index contributed by atoms with van der Waals surface area (Å²) >= 11 is 6.00.